The summed E-state index contributed by atoms with van der Waals surface area (Å²) in [5, 5.41) is 3.52. The van der Waals surface area contributed by atoms with Gasteiger partial charge in [-0.15, -0.1) is 22.7 Å². The monoisotopic (exact) mass is 709 g/mol. The van der Waals surface area contributed by atoms with Crippen molar-refractivity contribution >= 4 is 114 Å². The van der Waals surface area contributed by atoms with Crippen LogP contribution in [0.4, 0.5) is 5.69 Å². The maximum absolute atomic E-state index is 13.7. The quantitative estimate of drug-likeness (QED) is 0.135. The van der Waals surface area contributed by atoms with Crippen molar-refractivity contribution in [1.29, 1.82) is 0 Å². The summed E-state index contributed by atoms with van der Waals surface area (Å²) in [6.07, 6.45) is 1.23. The molecule has 0 bridgehead atoms. The molecule has 1 aliphatic rings. The van der Waals surface area contributed by atoms with Crippen molar-refractivity contribution in [2.45, 2.75) is 12.8 Å². The zero-order valence-electron chi connectivity index (χ0n) is 22.7. The number of rotatable bonds is 4. The standard InChI is InChI=1S/C33H22BrCl2NO4S2/c1-41-33(40)17-7-8-37(15-17)19-5-6-20-27(13-19)42-32-23(29(20)38)10-16(11-26(32)36)9-18-12-22-28(14-24(18)34)43-31-21(30(22)39)3-2-4-25(31)35/h2-6,10-14,17H,7-9,15H2,1H3. The Labute approximate surface area is 272 Å². The molecule has 6 aromatic rings. The fourth-order valence-corrected chi connectivity index (χ4v) is 9.34. The first-order chi connectivity index (χ1) is 20.7. The van der Waals surface area contributed by atoms with Gasteiger partial charge in [0.15, 0.2) is 10.9 Å². The molecule has 1 saturated heterocycles. The lowest BCUT2D eigenvalue weighted by molar-refractivity contribution is -0.144. The topological polar surface area (TPSA) is 63.7 Å². The first-order valence-corrected chi connectivity index (χ1v) is 16.7. The molecular formula is C33H22BrCl2NO4S2. The Hall–Kier alpha value is -3.01. The molecule has 216 valence electrons. The number of methoxy groups -OCH3 is 1. The van der Waals surface area contributed by atoms with Crippen LogP contribution in [0.3, 0.4) is 0 Å². The molecule has 4 aromatic carbocycles. The highest BCUT2D eigenvalue weighted by Gasteiger charge is 2.29. The number of benzene rings is 4. The van der Waals surface area contributed by atoms with E-state index in [9.17, 15) is 14.4 Å². The number of esters is 1. The van der Waals surface area contributed by atoms with E-state index in [4.69, 9.17) is 27.9 Å². The van der Waals surface area contributed by atoms with Crippen LogP contribution < -0.4 is 15.8 Å². The minimum atomic E-state index is -0.190. The molecule has 0 saturated carbocycles. The van der Waals surface area contributed by atoms with Gasteiger partial charge < -0.3 is 9.64 Å². The lowest BCUT2D eigenvalue weighted by Crippen LogP contribution is -2.23. The van der Waals surface area contributed by atoms with Crippen LogP contribution in [0.15, 0.2) is 74.7 Å². The lowest BCUT2D eigenvalue weighted by atomic mass is 10.0. The SMILES string of the molecule is COC(=O)C1CCN(c2ccc3c(=O)c4cc(Cc5cc6c(=O)c7cccc(Cl)c7sc6cc5Br)cc(Cl)c4sc3c2)C1. The predicted molar refractivity (Wildman–Crippen MR) is 184 cm³/mol. The maximum Gasteiger partial charge on any atom is 0.310 e. The molecule has 0 radical (unpaired) electrons. The van der Waals surface area contributed by atoms with E-state index < -0.39 is 0 Å². The molecule has 3 heterocycles. The van der Waals surface area contributed by atoms with Crippen LogP contribution >= 0.6 is 61.8 Å². The molecule has 0 spiro atoms. The number of anilines is 1. The van der Waals surface area contributed by atoms with Gasteiger partial charge in [-0.1, -0.05) is 45.2 Å². The number of carbonyl (C=O) groups excluding carboxylic acids is 1. The third-order valence-corrected chi connectivity index (χ3v) is 12.0. The molecule has 1 atom stereocenters. The molecule has 0 N–H and O–H groups in total. The second kappa shape index (κ2) is 11.2. The highest BCUT2D eigenvalue weighted by Crippen LogP contribution is 2.37. The normalized spacial score (nSPS) is 15.3. The summed E-state index contributed by atoms with van der Waals surface area (Å²) in [6, 6.07) is 18.9. The Bertz CT molecular complexity index is 2270. The average molecular weight is 711 g/mol. The third-order valence-electron chi connectivity index (χ3n) is 8.07. The van der Waals surface area contributed by atoms with Gasteiger partial charge >= 0.3 is 5.97 Å². The number of fused-ring (bicyclic) bond motifs is 4. The predicted octanol–water partition coefficient (Wildman–Crippen LogP) is 8.80. The van der Waals surface area contributed by atoms with Gasteiger partial charge in [-0.2, -0.15) is 0 Å². The van der Waals surface area contributed by atoms with Gasteiger partial charge in [0, 0.05) is 54.2 Å². The fraction of sp³-hybridized carbons (Fsp3) is 0.182. The molecule has 1 aliphatic heterocycles. The number of nitrogens with zero attached hydrogens (tertiary/aromatic N) is 1. The summed E-state index contributed by atoms with van der Waals surface area (Å²) >= 11 is 19.9. The summed E-state index contributed by atoms with van der Waals surface area (Å²) in [7, 11) is 1.42. The van der Waals surface area contributed by atoms with E-state index in [1.54, 1.807) is 18.2 Å². The van der Waals surface area contributed by atoms with E-state index in [2.05, 4.69) is 20.8 Å². The zero-order chi connectivity index (χ0) is 30.0. The molecule has 10 heteroatoms. The van der Waals surface area contributed by atoms with E-state index in [1.807, 2.05) is 42.5 Å². The summed E-state index contributed by atoms with van der Waals surface area (Å²) in [6.45, 7) is 1.34. The molecule has 5 nitrogen and oxygen atoms in total. The lowest BCUT2D eigenvalue weighted by Gasteiger charge is -2.19. The molecule has 0 amide bonds. The summed E-state index contributed by atoms with van der Waals surface area (Å²) in [5.41, 5.74) is 2.64. The van der Waals surface area contributed by atoms with E-state index in [0.29, 0.717) is 44.6 Å². The Balaban J connectivity index is 1.27. The minimum Gasteiger partial charge on any atom is -0.469 e. The van der Waals surface area contributed by atoms with Gasteiger partial charge in [0.25, 0.3) is 0 Å². The molecule has 1 unspecified atom stereocenters. The highest BCUT2D eigenvalue weighted by atomic mass is 79.9. The molecule has 0 aliphatic carbocycles. The van der Waals surface area contributed by atoms with Crippen molar-refractivity contribution in [3.05, 3.63) is 107 Å². The first-order valence-electron chi connectivity index (χ1n) is 13.6. The van der Waals surface area contributed by atoms with Crippen LogP contribution in [0.1, 0.15) is 17.5 Å². The number of ether oxygens (including phenoxy) is 1. The molecule has 43 heavy (non-hydrogen) atoms. The van der Waals surface area contributed by atoms with Crippen molar-refractivity contribution in [1.82, 2.24) is 0 Å². The van der Waals surface area contributed by atoms with E-state index in [1.165, 1.54) is 29.8 Å². The number of halogens is 3. The van der Waals surface area contributed by atoms with Crippen molar-refractivity contribution in [2.24, 2.45) is 5.92 Å². The van der Waals surface area contributed by atoms with Gasteiger partial charge in [0.2, 0.25) is 0 Å². The van der Waals surface area contributed by atoms with Crippen molar-refractivity contribution in [3.63, 3.8) is 0 Å². The van der Waals surface area contributed by atoms with Gasteiger partial charge in [0.1, 0.15) is 0 Å². The minimum absolute atomic E-state index is 0.0548. The Morgan fingerprint density at radius 2 is 1.65 bits per heavy atom. The van der Waals surface area contributed by atoms with Gasteiger partial charge in [-0.05, 0) is 78.6 Å². The third kappa shape index (κ3) is 5.03. The molecule has 1 fully saturated rings. The van der Waals surface area contributed by atoms with Gasteiger partial charge in [-0.25, -0.2) is 0 Å². The summed E-state index contributed by atoms with van der Waals surface area (Å²) < 4.78 is 9.00. The number of hydrogen-bond acceptors (Lipinski definition) is 7. The summed E-state index contributed by atoms with van der Waals surface area (Å²) in [4.78, 5) is 41.2. The smallest absolute Gasteiger partial charge is 0.310 e. The molecule has 7 rings (SSSR count). The largest absolute Gasteiger partial charge is 0.469 e. The van der Waals surface area contributed by atoms with Gasteiger partial charge in [-0.3, -0.25) is 14.4 Å². The molecule has 2 aromatic heterocycles. The van der Waals surface area contributed by atoms with Gasteiger partial charge in [0.05, 0.1) is 32.5 Å². The second-order valence-electron chi connectivity index (χ2n) is 10.7. The second-order valence-corrected chi connectivity index (χ2v) is 14.5. The van der Waals surface area contributed by atoms with E-state index >= 15 is 0 Å². The van der Waals surface area contributed by atoms with Crippen LogP contribution in [0.5, 0.6) is 0 Å². The Kier molecular flexibility index (Phi) is 7.46. The van der Waals surface area contributed by atoms with Crippen LogP contribution in [0, 0.1) is 5.92 Å². The Morgan fingerprint density at radius 3 is 2.44 bits per heavy atom. The van der Waals surface area contributed by atoms with E-state index in [0.717, 1.165) is 53.1 Å². The number of carbonyl (C=O) groups is 1. The average Bonchev–Trinajstić information content (AvgIpc) is 3.49. The number of hydrogen-bond donors (Lipinski definition) is 0. The summed E-state index contributed by atoms with van der Waals surface area (Å²) in [5.74, 6) is -0.338. The van der Waals surface area contributed by atoms with Crippen molar-refractivity contribution in [2.75, 3.05) is 25.1 Å². The van der Waals surface area contributed by atoms with Crippen LogP contribution in [-0.4, -0.2) is 26.2 Å². The van der Waals surface area contributed by atoms with E-state index in [-0.39, 0.29) is 22.7 Å². The fourth-order valence-electron chi connectivity index (χ4n) is 5.88. The van der Waals surface area contributed by atoms with Crippen LogP contribution in [0.2, 0.25) is 10.0 Å². The van der Waals surface area contributed by atoms with Crippen molar-refractivity contribution in [3.8, 4) is 0 Å². The van der Waals surface area contributed by atoms with Crippen molar-refractivity contribution < 1.29 is 9.53 Å². The first kappa shape index (κ1) is 28.7. The maximum atomic E-state index is 13.7. The van der Waals surface area contributed by atoms with Crippen LogP contribution in [-0.2, 0) is 16.0 Å². The highest BCUT2D eigenvalue weighted by molar-refractivity contribution is 9.10. The zero-order valence-corrected chi connectivity index (χ0v) is 27.4. The van der Waals surface area contributed by atoms with Crippen LogP contribution in [0.25, 0.3) is 40.3 Å². The molecular weight excluding hydrogens is 689 g/mol. The Morgan fingerprint density at radius 1 is 0.907 bits per heavy atom.